The van der Waals surface area contributed by atoms with Crippen molar-refractivity contribution in [3.63, 3.8) is 0 Å². The van der Waals surface area contributed by atoms with Gasteiger partial charge in [0, 0.05) is 18.5 Å². The Hall–Kier alpha value is -1.35. The molecule has 1 atom stereocenters. The van der Waals surface area contributed by atoms with Crippen LogP contribution in [0, 0.1) is 0 Å². The molecule has 0 aromatic heterocycles. The molecule has 1 aromatic rings. The molecule has 2 N–H and O–H groups in total. The first-order valence-corrected chi connectivity index (χ1v) is 6.61. The zero-order valence-electron chi connectivity index (χ0n) is 11.2. The molecule has 1 heterocycles. The zero-order valence-corrected chi connectivity index (χ0v) is 11.2. The van der Waals surface area contributed by atoms with Crippen molar-refractivity contribution in [2.24, 2.45) is 5.73 Å². The standard InChI is InChI=1S/C15H22N2O/c1-15(2,16)11-14(18)17-10-6-9-13(17)12-7-4-3-5-8-12/h3-5,7-8,13H,6,9-11,16H2,1-2H3. The molecular weight excluding hydrogens is 224 g/mol. The lowest BCUT2D eigenvalue weighted by Gasteiger charge is -2.28. The summed E-state index contributed by atoms with van der Waals surface area (Å²) in [7, 11) is 0. The highest BCUT2D eigenvalue weighted by molar-refractivity contribution is 5.78. The molecule has 0 spiro atoms. The monoisotopic (exact) mass is 246 g/mol. The van der Waals surface area contributed by atoms with Crippen molar-refractivity contribution in [3.05, 3.63) is 35.9 Å². The molecule has 0 bridgehead atoms. The third kappa shape index (κ3) is 3.10. The number of likely N-dealkylation sites (tertiary alicyclic amines) is 1. The Bertz CT molecular complexity index is 408. The van der Waals surface area contributed by atoms with E-state index in [1.54, 1.807) is 0 Å². The van der Waals surface area contributed by atoms with E-state index in [0.717, 1.165) is 19.4 Å². The number of carbonyl (C=O) groups excluding carboxylic acids is 1. The summed E-state index contributed by atoms with van der Waals surface area (Å²) in [6.07, 6.45) is 2.55. The normalized spacial score (nSPS) is 20.2. The zero-order chi connectivity index (χ0) is 13.2. The molecule has 1 aliphatic heterocycles. The molecular formula is C15H22N2O. The minimum absolute atomic E-state index is 0.175. The summed E-state index contributed by atoms with van der Waals surface area (Å²) in [4.78, 5) is 14.3. The number of hydrogen-bond acceptors (Lipinski definition) is 2. The van der Waals surface area contributed by atoms with Gasteiger partial charge in [-0.05, 0) is 32.3 Å². The van der Waals surface area contributed by atoms with Crippen molar-refractivity contribution in [2.45, 2.75) is 44.7 Å². The van der Waals surface area contributed by atoms with Gasteiger partial charge in [0.05, 0.1) is 6.04 Å². The van der Waals surface area contributed by atoms with Crippen LogP contribution in [0.15, 0.2) is 30.3 Å². The summed E-state index contributed by atoms with van der Waals surface area (Å²) in [5, 5.41) is 0. The predicted octanol–water partition coefficient (Wildman–Crippen LogP) is 2.48. The SMILES string of the molecule is CC(C)(N)CC(=O)N1CCCC1c1ccccc1. The average molecular weight is 246 g/mol. The number of benzene rings is 1. The van der Waals surface area contributed by atoms with Crippen LogP contribution >= 0.6 is 0 Å². The Labute approximate surface area is 109 Å². The van der Waals surface area contributed by atoms with Gasteiger partial charge in [-0.25, -0.2) is 0 Å². The van der Waals surface area contributed by atoms with Gasteiger partial charge in [0.15, 0.2) is 0 Å². The largest absolute Gasteiger partial charge is 0.336 e. The van der Waals surface area contributed by atoms with Gasteiger partial charge in [-0.1, -0.05) is 30.3 Å². The molecule has 3 heteroatoms. The van der Waals surface area contributed by atoms with Gasteiger partial charge in [-0.15, -0.1) is 0 Å². The molecule has 18 heavy (non-hydrogen) atoms. The summed E-state index contributed by atoms with van der Waals surface area (Å²) in [6, 6.07) is 10.5. The molecule has 1 fully saturated rings. The molecule has 2 rings (SSSR count). The quantitative estimate of drug-likeness (QED) is 0.890. The molecule has 0 radical (unpaired) electrons. The lowest BCUT2D eigenvalue weighted by molar-refractivity contribution is -0.133. The number of nitrogens with zero attached hydrogens (tertiary/aromatic N) is 1. The van der Waals surface area contributed by atoms with E-state index < -0.39 is 5.54 Å². The molecule has 0 saturated carbocycles. The van der Waals surface area contributed by atoms with Crippen LogP contribution in [0.5, 0.6) is 0 Å². The second-order valence-corrected chi connectivity index (χ2v) is 5.82. The highest BCUT2D eigenvalue weighted by Crippen LogP contribution is 2.32. The second-order valence-electron chi connectivity index (χ2n) is 5.82. The molecule has 1 amide bonds. The third-order valence-electron chi connectivity index (χ3n) is 3.36. The van der Waals surface area contributed by atoms with Crippen molar-refractivity contribution in [1.29, 1.82) is 0 Å². The summed E-state index contributed by atoms with van der Waals surface area (Å²) < 4.78 is 0. The molecule has 1 aromatic carbocycles. The van der Waals surface area contributed by atoms with E-state index in [2.05, 4.69) is 12.1 Å². The Morgan fingerprint density at radius 1 is 1.39 bits per heavy atom. The van der Waals surface area contributed by atoms with Crippen LogP contribution in [0.25, 0.3) is 0 Å². The van der Waals surface area contributed by atoms with E-state index in [4.69, 9.17) is 5.73 Å². The maximum atomic E-state index is 12.3. The fourth-order valence-electron chi connectivity index (χ4n) is 2.58. The smallest absolute Gasteiger partial charge is 0.224 e. The van der Waals surface area contributed by atoms with Crippen LogP contribution in [0.3, 0.4) is 0 Å². The van der Waals surface area contributed by atoms with Crippen molar-refractivity contribution in [3.8, 4) is 0 Å². The lowest BCUT2D eigenvalue weighted by Crippen LogP contribution is -2.41. The van der Waals surface area contributed by atoms with Crippen LogP contribution in [0.1, 0.15) is 44.7 Å². The van der Waals surface area contributed by atoms with Crippen molar-refractivity contribution in [2.75, 3.05) is 6.54 Å². The molecule has 3 nitrogen and oxygen atoms in total. The average Bonchev–Trinajstić information content (AvgIpc) is 2.76. The third-order valence-corrected chi connectivity index (χ3v) is 3.36. The molecule has 1 aliphatic rings. The fraction of sp³-hybridized carbons (Fsp3) is 0.533. The topological polar surface area (TPSA) is 46.3 Å². The van der Waals surface area contributed by atoms with Crippen molar-refractivity contribution in [1.82, 2.24) is 4.90 Å². The minimum Gasteiger partial charge on any atom is -0.336 e. The molecule has 1 saturated heterocycles. The summed E-state index contributed by atoms with van der Waals surface area (Å²) in [5.41, 5.74) is 6.75. The van der Waals surface area contributed by atoms with E-state index in [1.807, 2.05) is 36.9 Å². The van der Waals surface area contributed by atoms with Crippen LogP contribution in [0.2, 0.25) is 0 Å². The van der Waals surface area contributed by atoms with Gasteiger partial charge in [0.2, 0.25) is 5.91 Å². The maximum absolute atomic E-state index is 12.3. The summed E-state index contributed by atoms with van der Waals surface area (Å²) >= 11 is 0. The second kappa shape index (κ2) is 5.11. The van der Waals surface area contributed by atoms with Crippen LogP contribution in [0.4, 0.5) is 0 Å². The maximum Gasteiger partial charge on any atom is 0.224 e. The first-order valence-electron chi connectivity index (χ1n) is 6.61. The number of amides is 1. The van der Waals surface area contributed by atoms with E-state index in [-0.39, 0.29) is 11.9 Å². The Balaban J connectivity index is 2.11. The van der Waals surface area contributed by atoms with Gasteiger partial charge >= 0.3 is 0 Å². The number of carbonyl (C=O) groups is 1. The summed E-state index contributed by atoms with van der Waals surface area (Å²) in [6.45, 7) is 4.66. The van der Waals surface area contributed by atoms with Gasteiger partial charge in [0.1, 0.15) is 0 Å². The predicted molar refractivity (Wildman–Crippen MR) is 73.0 cm³/mol. The highest BCUT2D eigenvalue weighted by atomic mass is 16.2. The summed E-state index contributed by atoms with van der Waals surface area (Å²) in [5.74, 6) is 0.175. The Kier molecular flexibility index (Phi) is 3.71. The van der Waals surface area contributed by atoms with Crippen molar-refractivity contribution >= 4 is 5.91 Å². The van der Waals surface area contributed by atoms with E-state index in [0.29, 0.717) is 6.42 Å². The first kappa shape index (κ1) is 13.1. The van der Waals surface area contributed by atoms with Crippen LogP contribution in [-0.4, -0.2) is 22.9 Å². The van der Waals surface area contributed by atoms with Gasteiger partial charge in [-0.3, -0.25) is 4.79 Å². The van der Waals surface area contributed by atoms with Gasteiger partial charge in [-0.2, -0.15) is 0 Å². The number of hydrogen-bond donors (Lipinski definition) is 1. The minimum atomic E-state index is -0.430. The fourth-order valence-corrected chi connectivity index (χ4v) is 2.58. The van der Waals surface area contributed by atoms with Crippen molar-refractivity contribution < 1.29 is 4.79 Å². The first-order chi connectivity index (χ1) is 8.47. The van der Waals surface area contributed by atoms with Crippen LogP contribution in [-0.2, 0) is 4.79 Å². The van der Waals surface area contributed by atoms with Gasteiger partial charge < -0.3 is 10.6 Å². The van der Waals surface area contributed by atoms with Gasteiger partial charge in [0.25, 0.3) is 0 Å². The van der Waals surface area contributed by atoms with E-state index in [9.17, 15) is 4.79 Å². The highest BCUT2D eigenvalue weighted by Gasteiger charge is 2.31. The molecule has 1 unspecified atom stereocenters. The Morgan fingerprint density at radius 3 is 2.67 bits per heavy atom. The Morgan fingerprint density at radius 2 is 2.06 bits per heavy atom. The number of rotatable bonds is 3. The molecule has 98 valence electrons. The van der Waals surface area contributed by atoms with E-state index >= 15 is 0 Å². The molecule has 0 aliphatic carbocycles. The number of nitrogens with two attached hydrogens (primary N) is 1. The lowest BCUT2D eigenvalue weighted by atomic mass is 10.00. The van der Waals surface area contributed by atoms with Crippen LogP contribution < -0.4 is 5.73 Å². The van der Waals surface area contributed by atoms with E-state index in [1.165, 1.54) is 5.56 Å².